The lowest BCUT2D eigenvalue weighted by Gasteiger charge is -2.45. The van der Waals surface area contributed by atoms with E-state index >= 15 is 0 Å². The average Bonchev–Trinajstić information content (AvgIpc) is 2.34. The zero-order valence-electron chi connectivity index (χ0n) is 11.9. The summed E-state index contributed by atoms with van der Waals surface area (Å²) in [6, 6.07) is 0.399. The molecule has 3 nitrogen and oxygen atoms in total. The molecule has 0 heterocycles. The van der Waals surface area contributed by atoms with E-state index in [-0.39, 0.29) is 11.3 Å². The third kappa shape index (κ3) is 2.71. The molecule has 2 aliphatic rings. The Labute approximate surface area is 111 Å². The number of nitrogens with one attached hydrogen (secondary N) is 1. The van der Waals surface area contributed by atoms with Crippen molar-refractivity contribution in [2.24, 2.45) is 23.0 Å². The zero-order valence-corrected chi connectivity index (χ0v) is 11.9. The van der Waals surface area contributed by atoms with E-state index in [9.17, 15) is 4.79 Å². The van der Waals surface area contributed by atoms with Gasteiger partial charge in [0.15, 0.2) is 0 Å². The highest BCUT2D eigenvalue weighted by atomic mass is 16.2. The van der Waals surface area contributed by atoms with Crippen molar-refractivity contribution in [3.05, 3.63) is 0 Å². The molecule has 2 atom stereocenters. The number of rotatable bonds is 4. The van der Waals surface area contributed by atoms with Crippen LogP contribution >= 0.6 is 0 Å². The standard InChI is InChI=1S/C15H28N2O/c1-3-12-5-4-6-13(7-12)17-14(18)15(10-16)8-11(2)9-15/h11-13H,3-10,16H2,1-2H3,(H,17,18). The summed E-state index contributed by atoms with van der Waals surface area (Å²) in [5.74, 6) is 1.69. The Morgan fingerprint density at radius 2 is 2.11 bits per heavy atom. The van der Waals surface area contributed by atoms with E-state index in [1.54, 1.807) is 0 Å². The van der Waals surface area contributed by atoms with Gasteiger partial charge in [-0.25, -0.2) is 0 Å². The molecule has 2 aliphatic carbocycles. The van der Waals surface area contributed by atoms with E-state index in [4.69, 9.17) is 5.73 Å². The molecule has 0 aliphatic heterocycles. The van der Waals surface area contributed by atoms with Gasteiger partial charge in [-0.2, -0.15) is 0 Å². The summed E-state index contributed by atoms with van der Waals surface area (Å²) in [5.41, 5.74) is 5.59. The minimum Gasteiger partial charge on any atom is -0.353 e. The van der Waals surface area contributed by atoms with Gasteiger partial charge in [-0.15, -0.1) is 0 Å². The van der Waals surface area contributed by atoms with Crippen molar-refractivity contribution in [1.29, 1.82) is 0 Å². The molecule has 104 valence electrons. The molecule has 0 radical (unpaired) electrons. The van der Waals surface area contributed by atoms with Gasteiger partial charge in [-0.1, -0.05) is 33.1 Å². The van der Waals surface area contributed by atoms with Crippen molar-refractivity contribution in [3.8, 4) is 0 Å². The first-order chi connectivity index (χ1) is 8.59. The zero-order chi connectivity index (χ0) is 13.2. The van der Waals surface area contributed by atoms with E-state index in [0.717, 1.165) is 25.2 Å². The molecule has 2 saturated carbocycles. The molecule has 18 heavy (non-hydrogen) atoms. The van der Waals surface area contributed by atoms with E-state index in [1.807, 2.05) is 0 Å². The molecule has 3 N–H and O–H groups in total. The van der Waals surface area contributed by atoms with E-state index in [0.29, 0.717) is 18.5 Å². The Morgan fingerprint density at radius 3 is 2.67 bits per heavy atom. The minimum absolute atomic E-state index is 0.227. The van der Waals surface area contributed by atoms with E-state index in [2.05, 4.69) is 19.2 Å². The van der Waals surface area contributed by atoms with Crippen LogP contribution in [0, 0.1) is 17.3 Å². The Morgan fingerprint density at radius 1 is 1.39 bits per heavy atom. The number of hydrogen-bond donors (Lipinski definition) is 2. The first-order valence-corrected chi connectivity index (χ1v) is 7.60. The molecule has 2 unspecified atom stereocenters. The van der Waals surface area contributed by atoms with Gasteiger partial charge >= 0.3 is 0 Å². The molecule has 0 aromatic rings. The van der Waals surface area contributed by atoms with Gasteiger partial charge in [-0.05, 0) is 37.5 Å². The van der Waals surface area contributed by atoms with Crippen LogP contribution < -0.4 is 11.1 Å². The van der Waals surface area contributed by atoms with Crippen molar-refractivity contribution in [2.45, 2.75) is 64.8 Å². The summed E-state index contributed by atoms with van der Waals surface area (Å²) in [6.45, 7) is 4.96. The molecule has 0 aromatic carbocycles. The molecule has 0 spiro atoms. The van der Waals surface area contributed by atoms with Crippen molar-refractivity contribution in [1.82, 2.24) is 5.32 Å². The highest BCUT2D eigenvalue weighted by Gasteiger charge is 2.47. The lowest BCUT2D eigenvalue weighted by Crippen LogP contribution is -2.55. The predicted molar refractivity (Wildman–Crippen MR) is 74.1 cm³/mol. The summed E-state index contributed by atoms with van der Waals surface area (Å²) < 4.78 is 0. The van der Waals surface area contributed by atoms with Gasteiger partial charge in [0, 0.05) is 12.6 Å². The quantitative estimate of drug-likeness (QED) is 0.807. The molecule has 1 amide bonds. The molecule has 3 heteroatoms. The van der Waals surface area contributed by atoms with Crippen molar-refractivity contribution in [3.63, 3.8) is 0 Å². The first-order valence-electron chi connectivity index (χ1n) is 7.60. The summed E-state index contributed by atoms with van der Waals surface area (Å²) in [5, 5.41) is 3.28. The number of amides is 1. The fourth-order valence-corrected chi connectivity index (χ4v) is 3.85. The molecular formula is C15H28N2O. The van der Waals surface area contributed by atoms with E-state index in [1.165, 1.54) is 25.7 Å². The first kappa shape index (κ1) is 13.9. The van der Waals surface area contributed by atoms with Gasteiger partial charge < -0.3 is 11.1 Å². The topological polar surface area (TPSA) is 55.1 Å². The summed E-state index contributed by atoms with van der Waals surface area (Å²) in [7, 11) is 0. The van der Waals surface area contributed by atoms with Crippen LogP contribution in [0.1, 0.15) is 58.8 Å². The monoisotopic (exact) mass is 252 g/mol. The Balaban J connectivity index is 1.87. The summed E-state index contributed by atoms with van der Waals surface area (Å²) in [4.78, 5) is 12.4. The van der Waals surface area contributed by atoms with Crippen LogP contribution in [-0.4, -0.2) is 18.5 Å². The van der Waals surface area contributed by atoms with Crippen LogP contribution in [0.4, 0.5) is 0 Å². The molecular weight excluding hydrogens is 224 g/mol. The molecule has 0 aromatic heterocycles. The third-order valence-electron chi connectivity index (χ3n) is 5.05. The minimum atomic E-state index is -0.238. The van der Waals surface area contributed by atoms with Gasteiger partial charge in [0.05, 0.1) is 5.41 Å². The van der Waals surface area contributed by atoms with Gasteiger partial charge in [0.1, 0.15) is 0 Å². The average molecular weight is 252 g/mol. The lowest BCUT2D eigenvalue weighted by atomic mass is 9.62. The number of carbonyl (C=O) groups excluding carboxylic acids is 1. The normalized spacial score (nSPS) is 40.1. The smallest absolute Gasteiger partial charge is 0.227 e. The number of nitrogens with two attached hydrogens (primary N) is 1. The second kappa shape index (κ2) is 5.60. The summed E-state index contributed by atoms with van der Waals surface area (Å²) in [6.07, 6.45) is 8.10. The Kier molecular flexibility index (Phi) is 4.31. The number of hydrogen-bond acceptors (Lipinski definition) is 2. The maximum atomic E-state index is 12.4. The van der Waals surface area contributed by atoms with Crippen LogP contribution in [0.5, 0.6) is 0 Å². The van der Waals surface area contributed by atoms with E-state index < -0.39 is 0 Å². The van der Waals surface area contributed by atoms with Crippen LogP contribution in [0.25, 0.3) is 0 Å². The fourth-order valence-electron chi connectivity index (χ4n) is 3.85. The van der Waals surface area contributed by atoms with Gasteiger partial charge in [-0.3, -0.25) is 4.79 Å². The molecule has 2 fully saturated rings. The maximum absolute atomic E-state index is 12.4. The highest BCUT2D eigenvalue weighted by molar-refractivity contribution is 5.84. The Hall–Kier alpha value is -0.570. The lowest BCUT2D eigenvalue weighted by molar-refractivity contribution is -0.139. The van der Waals surface area contributed by atoms with Crippen molar-refractivity contribution in [2.75, 3.05) is 6.54 Å². The summed E-state index contributed by atoms with van der Waals surface area (Å²) >= 11 is 0. The highest BCUT2D eigenvalue weighted by Crippen LogP contribution is 2.45. The fraction of sp³-hybridized carbons (Fsp3) is 0.933. The van der Waals surface area contributed by atoms with Crippen molar-refractivity contribution >= 4 is 5.91 Å². The van der Waals surface area contributed by atoms with Crippen LogP contribution in [-0.2, 0) is 4.79 Å². The van der Waals surface area contributed by atoms with Crippen molar-refractivity contribution < 1.29 is 4.79 Å². The molecule has 2 rings (SSSR count). The Bertz CT molecular complexity index is 297. The molecule has 0 bridgehead atoms. The second-order valence-electron chi connectivity index (χ2n) is 6.61. The molecule has 0 saturated heterocycles. The largest absolute Gasteiger partial charge is 0.353 e. The van der Waals surface area contributed by atoms with Crippen LogP contribution in [0.15, 0.2) is 0 Å². The van der Waals surface area contributed by atoms with Gasteiger partial charge in [0.2, 0.25) is 5.91 Å². The maximum Gasteiger partial charge on any atom is 0.227 e. The van der Waals surface area contributed by atoms with Gasteiger partial charge in [0.25, 0.3) is 0 Å². The SMILES string of the molecule is CCC1CCCC(NC(=O)C2(CN)CC(C)C2)C1. The second-order valence-corrected chi connectivity index (χ2v) is 6.61. The van der Waals surface area contributed by atoms with Crippen LogP contribution in [0.2, 0.25) is 0 Å². The number of carbonyl (C=O) groups is 1. The van der Waals surface area contributed by atoms with Crippen LogP contribution in [0.3, 0.4) is 0 Å². The third-order valence-corrected chi connectivity index (χ3v) is 5.05. The predicted octanol–water partition coefficient (Wildman–Crippen LogP) is 2.45.